The van der Waals surface area contributed by atoms with Crippen molar-refractivity contribution >= 4 is 61.0 Å². The van der Waals surface area contributed by atoms with Crippen LogP contribution >= 0.6 is 31.9 Å². The van der Waals surface area contributed by atoms with Crippen molar-refractivity contribution in [3.8, 4) is 5.75 Å². The van der Waals surface area contributed by atoms with Crippen LogP contribution in [-0.4, -0.2) is 40.1 Å². The van der Waals surface area contributed by atoms with Gasteiger partial charge in [0.2, 0.25) is 0 Å². The minimum absolute atomic E-state index is 0.0588. The van der Waals surface area contributed by atoms with Gasteiger partial charge < -0.3 is 31.3 Å². The molecule has 8 nitrogen and oxygen atoms in total. The summed E-state index contributed by atoms with van der Waals surface area (Å²) >= 11 is 6.82. The van der Waals surface area contributed by atoms with Crippen molar-refractivity contribution in [1.29, 1.82) is 0 Å². The number of nitrogen functional groups attached to an aromatic ring is 1. The zero-order valence-electron chi connectivity index (χ0n) is 20.7. The summed E-state index contributed by atoms with van der Waals surface area (Å²) in [5, 5.41) is 16.8. The predicted molar refractivity (Wildman–Crippen MR) is 156 cm³/mol. The SMILES string of the molecule is Nc1cc(O)c(C2CCCN2C(=O)Nc2ccc(Br)cc2)cc1C1CCCN1C(=O)Nc1ccc(Br)cc1. The molecule has 0 bridgehead atoms. The number of hydrogen-bond donors (Lipinski definition) is 4. The molecule has 2 aliphatic heterocycles. The molecule has 2 atom stereocenters. The van der Waals surface area contributed by atoms with Gasteiger partial charge in [0.15, 0.2) is 0 Å². The summed E-state index contributed by atoms with van der Waals surface area (Å²) in [6, 6.07) is 17.3. The van der Waals surface area contributed by atoms with Crippen LogP contribution in [0.25, 0.3) is 0 Å². The molecule has 3 aromatic rings. The van der Waals surface area contributed by atoms with E-state index < -0.39 is 0 Å². The van der Waals surface area contributed by atoms with Crippen molar-refractivity contribution in [2.24, 2.45) is 0 Å². The second kappa shape index (κ2) is 11.2. The number of carbonyl (C=O) groups is 2. The molecular weight excluding hydrogens is 614 g/mol. The fourth-order valence-corrected chi connectivity index (χ4v) is 5.85. The fourth-order valence-electron chi connectivity index (χ4n) is 5.32. The largest absolute Gasteiger partial charge is 0.508 e. The number of hydrogen-bond acceptors (Lipinski definition) is 4. The highest BCUT2D eigenvalue weighted by molar-refractivity contribution is 9.10. The van der Waals surface area contributed by atoms with E-state index in [9.17, 15) is 14.7 Å². The van der Waals surface area contributed by atoms with Gasteiger partial charge in [-0.2, -0.15) is 0 Å². The van der Waals surface area contributed by atoms with Gasteiger partial charge in [-0.15, -0.1) is 0 Å². The first-order chi connectivity index (χ1) is 18.3. The molecule has 4 amide bonds. The lowest BCUT2D eigenvalue weighted by Crippen LogP contribution is -2.35. The molecule has 198 valence electrons. The minimum Gasteiger partial charge on any atom is -0.508 e. The van der Waals surface area contributed by atoms with Crippen LogP contribution < -0.4 is 16.4 Å². The van der Waals surface area contributed by atoms with E-state index in [0.717, 1.165) is 40.2 Å². The molecule has 2 unspecified atom stereocenters. The predicted octanol–water partition coefficient (Wildman–Crippen LogP) is 7.24. The van der Waals surface area contributed by atoms with Gasteiger partial charge in [-0.1, -0.05) is 31.9 Å². The van der Waals surface area contributed by atoms with E-state index in [2.05, 4.69) is 42.5 Å². The number of nitrogens with one attached hydrogen (secondary N) is 2. The van der Waals surface area contributed by atoms with E-state index >= 15 is 0 Å². The third-order valence-corrected chi connectivity index (χ3v) is 8.23. The van der Waals surface area contributed by atoms with Crippen LogP contribution in [0, 0.1) is 0 Å². The Hall–Kier alpha value is -3.24. The summed E-state index contributed by atoms with van der Waals surface area (Å²) in [5.74, 6) is 0.0588. The average Bonchev–Trinajstić information content (AvgIpc) is 3.57. The standard InChI is InChI=1S/C28H29Br2N5O3/c29-17-5-9-19(10-6-17)32-27(37)34-13-1-3-24(34)21-15-22(26(36)16-23(21)31)25-4-2-14-35(25)28(38)33-20-11-7-18(30)8-12-20/h5-12,15-16,24-25,36H,1-4,13-14,31H2,(H,32,37)(H,33,38). The van der Waals surface area contributed by atoms with Crippen LogP contribution in [0.4, 0.5) is 26.7 Å². The Morgan fingerprint density at radius 3 is 1.68 bits per heavy atom. The van der Waals surface area contributed by atoms with Gasteiger partial charge in [0.1, 0.15) is 5.75 Å². The monoisotopic (exact) mass is 641 g/mol. The van der Waals surface area contributed by atoms with Crippen LogP contribution in [-0.2, 0) is 0 Å². The second-order valence-corrected chi connectivity index (χ2v) is 11.4. The molecular formula is C28H29Br2N5O3. The minimum atomic E-state index is -0.295. The maximum atomic E-state index is 13.2. The summed E-state index contributed by atoms with van der Waals surface area (Å²) in [4.78, 5) is 29.9. The number of phenolic OH excluding ortho intramolecular Hbond substituents is 1. The van der Waals surface area contributed by atoms with Crippen LogP contribution in [0.3, 0.4) is 0 Å². The van der Waals surface area contributed by atoms with Gasteiger partial charge in [0.25, 0.3) is 0 Å². The summed E-state index contributed by atoms with van der Waals surface area (Å²) < 4.78 is 1.87. The molecule has 0 saturated carbocycles. The number of nitrogens with two attached hydrogens (primary N) is 1. The number of aromatic hydroxyl groups is 1. The molecule has 5 rings (SSSR count). The molecule has 2 aliphatic rings. The van der Waals surface area contributed by atoms with Crippen molar-refractivity contribution in [2.75, 3.05) is 29.5 Å². The Labute approximate surface area is 238 Å². The smallest absolute Gasteiger partial charge is 0.322 e. The first-order valence-electron chi connectivity index (χ1n) is 12.6. The van der Waals surface area contributed by atoms with Crippen LogP contribution in [0.2, 0.25) is 0 Å². The lowest BCUT2D eigenvalue weighted by atomic mass is 9.95. The van der Waals surface area contributed by atoms with Crippen LogP contribution in [0.5, 0.6) is 5.75 Å². The molecule has 0 radical (unpaired) electrons. The fraction of sp³-hybridized carbons (Fsp3) is 0.286. The molecule has 38 heavy (non-hydrogen) atoms. The van der Waals surface area contributed by atoms with Crippen molar-refractivity contribution < 1.29 is 14.7 Å². The number of benzene rings is 3. The van der Waals surface area contributed by atoms with E-state index in [-0.39, 0.29) is 29.9 Å². The number of urea groups is 2. The Bertz CT molecular complexity index is 1230. The number of rotatable bonds is 4. The number of likely N-dealkylation sites (tertiary alicyclic amines) is 2. The maximum absolute atomic E-state index is 13.2. The molecule has 5 N–H and O–H groups in total. The lowest BCUT2D eigenvalue weighted by molar-refractivity contribution is 0.206. The Balaban J connectivity index is 1.37. The zero-order chi connectivity index (χ0) is 26.8. The van der Waals surface area contributed by atoms with E-state index in [1.165, 1.54) is 0 Å². The van der Waals surface area contributed by atoms with Gasteiger partial charge in [-0.05, 0) is 85.8 Å². The number of phenols is 1. The summed E-state index contributed by atoms with van der Waals surface area (Å²) in [6.45, 7) is 1.19. The number of nitrogens with zero attached hydrogens (tertiary/aromatic N) is 2. The second-order valence-electron chi connectivity index (χ2n) is 9.62. The van der Waals surface area contributed by atoms with Gasteiger partial charge in [0.05, 0.1) is 12.1 Å². The Morgan fingerprint density at radius 2 is 1.21 bits per heavy atom. The molecule has 2 fully saturated rings. The van der Waals surface area contributed by atoms with E-state index in [4.69, 9.17) is 5.73 Å². The van der Waals surface area contributed by atoms with Crippen molar-refractivity contribution in [3.63, 3.8) is 0 Å². The van der Waals surface area contributed by atoms with E-state index in [0.29, 0.717) is 35.7 Å². The molecule has 3 aromatic carbocycles. The molecule has 2 saturated heterocycles. The van der Waals surface area contributed by atoms with Gasteiger partial charge >= 0.3 is 12.1 Å². The Kier molecular flexibility index (Phi) is 7.80. The van der Waals surface area contributed by atoms with Crippen molar-refractivity contribution in [2.45, 2.75) is 37.8 Å². The quantitative estimate of drug-likeness (QED) is 0.225. The molecule has 0 aliphatic carbocycles. The number of anilines is 3. The highest BCUT2D eigenvalue weighted by Gasteiger charge is 2.35. The summed E-state index contributed by atoms with van der Waals surface area (Å²) in [7, 11) is 0. The lowest BCUT2D eigenvalue weighted by Gasteiger charge is -2.29. The van der Waals surface area contributed by atoms with Gasteiger partial charge in [-0.3, -0.25) is 0 Å². The van der Waals surface area contributed by atoms with E-state index in [1.807, 2.05) is 54.6 Å². The molecule has 10 heteroatoms. The topological polar surface area (TPSA) is 111 Å². The third-order valence-electron chi connectivity index (χ3n) is 7.17. The normalized spacial score (nSPS) is 19.0. The van der Waals surface area contributed by atoms with Crippen molar-refractivity contribution in [1.82, 2.24) is 9.80 Å². The van der Waals surface area contributed by atoms with Gasteiger partial charge in [-0.25, -0.2) is 9.59 Å². The van der Waals surface area contributed by atoms with Gasteiger partial charge in [0, 0.05) is 50.7 Å². The summed E-state index contributed by atoms with van der Waals surface area (Å²) in [6.07, 6.45) is 3.16. The zero-order valence-corrected chi connectivity index (χ0v) is 23.8. The Morgan fingerprint density at radius 1 is 0.763 bits per heavy atom. The summed E-state index contributed by atoms with van der Waals surface area (Å²) in [5.41, 5.74) is 9.67. The first kappa shape index (κ1) is 26.4. The van der Waals surface area contributed by atoms with Crippen molar-refractivity contribution in [3.05, 3.63) is 80.7 Å². The van der Waals surface area contributed by atoms with Crippen LogP contribution in [0.15, 0.2) is 69.6 Å². The molecule has 0 aromatic heterocycles. The highest BCUT2D eigenvalue weighted by Crippen LogP contribution is 2.43. The highest BCUT2D eigenvalue weighted by atomic mass is 79.9. The molecule has 0 spiro atoms. The van der Waals surface area contributed by atoms with E-state index in [1.54, 1.807) is 15.9 Å². The number of halogens is 2. The number of carbonyl (C=O) groups excluding carboxylic acids is 2. The first-order valence-corrected chi connectivity index (χ1v) is 14.2. The molecule has 2 heterocycles. The third kappa shape index (κ3) is 5.61. The maximum Gasteiger partial charge on any atom is 0.322 e. The average molecular weight is 643 g/mol. The van der Waals surface area contributed by atoms with Crippen LogP contribution in [0.1, 0.15) is 48.9 Å². The number of amides is 4.